The molecule has 0 aromatic heterocycles. The van der Waals surface area contributed by atoms with Crippen LogP contribution in [0.25, 0.3) is 0 Å². The van der Waals surface area contributed by atoms with Gasteiger partial charge in [0, 0.05) is 49.0 Å². The zero-order chi connectivity index (χ0) is 22.0. The molecule has 0 saturated heterocycles. The molecule has 0 unspecified atom stereocenters. The van der Waals surface area contributed by atoms with Crippen molar-refractivity contribution in [3.05, 3.63) is 58.4 Å². The van der Waals surface area contributed by atoms with E-state index in [1.165, 1.54) is 32.9 Å². The van der Waals surface area contributed by atoms with Crippen LogP contribution in [0.3, 0.4) is 0 Å². The van der Waals surface area contributed by atoms with E-state index in [4.69, 9.17) is 14.2 Å². The molecule has 2 aliphatic rings. The molecular weight excluding hydrogens is 392 g/mol. The van der Waals surface area contributed by atoms with E-state index in [1.54, 1.807) is 18.2 Å². The number of hydrogen-bond acceptors (Lipinski definition) is 8. The molecule has 2 atom stereocenters. The molecule has 0 radical (unpaired) electrons. The Morgan fingerprint density at radius 1 is 0.800 bits per heavy atom. The van der Waals surface area contributed by atoms with Gasteiger partial charge < -0.3 is 14.2 Å². The second-order valence-electron chi connectivity index (χ2n) is 6.96. The van der Waals surface area contributed by atoms with E-state index in [0.29, 0.717) is 0 Å². The number of carbonyl (C=O) groups excluding carboxylic acids is 5. The highest BCUT2D eigenvalue weighted by atomic mass is 16.6. The highest BCUT2D eigenvalue weighted by Gasteiger charge is 2.44. The number of hydrogen-bond donors (Lipinski definition) is 0. The van der Waals surface area contributed by atoms with Crippen LogP contribution in [0.5, 0.6) is 0 Å². The van der Waals surface area contributed by atoms with E-state index < -0.39 is 35.5 Å². The number of esters is 3. The van der Waals surface area contributed by atoms with Crippen molar-refractivity contribution in [2.75, 3.05) is 13.2 Å². The lowest BCUT2D eigenvalue weighted by molar-refractivity contribution is -0.144. The second kappa shape index (κ2) is 8.44. The molecule has 0 heterocycles. The average molecular weight is 412 g/mol. The molecule has 1 aromatic carbocycles. The van der Waals surface area contributed by atoms with Crippen LogP contribution in [0.1, 0.15) is 41.5 Å². The second-order valence-corrected chi connectivity index (χ2v) is 6.96. The number of ketones is 2. The Hall–Kier alpha value is -3.55. The molecule has 30 heavy (non-hydrogen) atoms. The van der Waals surface area contributed by atoms with Crippen molar-refractivity contribution < 1.29 is 38.2 Å². The van der Waals surface area contributed by atoms with Crippen molar-refractivity contribution >= 4 is 29.5 Å². The average Bonchev–Trinajstić information content (AvgIpc) is 2.68. The normalized spacial score (nSPS) is 20.0. The first-order valence-electron chi connectivity index (χ1n) is 9.30. The molecule has 0 spiro atoms. The topological polar surface area (TPSA) is 113 Å². The number of ether oxygens (including phenoxy) is 3. The minimum atomic E-state index is -0.939. The third kappa shape index (κ3) is 4.07. The summed E-state index contributed by atoms with van der Waals surface area (Å²) in [5.41, 5.74) is 0.679. The highest BCUT2D eigenvalue weighted by Crippen LogP contribution is 2.42. The Bertz CT molecular complexity index is 1010. The molecule has 0 bridgehead atoms. The molecule has 8 heteroatoms. The van der Waals surface area contributed by atoms with Crippen LogP contribution < -0.4 is 0 Å². The molecule has 0 saturated carbocycles. The third-order valence-corrected chi connectivity index (χ3v) is 4.80. The Morgan fingerprint density at radius 2 is 1.33 bits per heavy atom. The molecule has 0 amide bonds. The quantitative estimate of drug-likeness (QED) is 0.534. The first-order valence-corrected chi connectivity index (χ1v) is 9.30. The van der Waals surface area contributed by atoms with Crippen LogP contribution in [-0.4, -0.2) is 42.7 Å². The van der Waals surface area contributed by atoms with Crippen molar-refractivity contribution in [2.24, 2.45) is 11.8 Å². The summed E-state index contributed by atoms with van der Waals surface area (Å²) in [5, 5.41) is 0. The van der Waals surface area contributed by atoms with Crippen LogP contribution >= 0.6 is 0 Å². The van der Waals surface area contributed by atoms with Crippen LogP contribution in [0.4, 0.5) is 0 Å². The maximum absolute atomic E-state index is 13.3. The van der Waals surface area contributed by atoms with Crippen LogP contribution in [0, 0.1) is 11.8 Å². The number of fused-ring (bicyclic) bond motifs is 1. The summed E-state index contributed by atoms with van der Waals surface area (Å²) in [7, 11) is 0. The summed E-state index contributed by atoms with van der Waals surface area (Å²) in [6, 6.07) is 6.37. The van der Waals surface area contributed by atoms with Gasteiger partial charge in [-0.2, -0.15) is 0 Å². The zero-order valence-electron chi connectivity index (χ0n) is 16.7. The van der Waals surface area contributed by atoms with E-state index in [9.17, 15) is 24.0 Å². The maximum Gasteiger partial charge on any atom is 0.307 e. The maximum atomic E-state index is 13.3. The molecule has 156 valence electrons. The van der Waals surface area contributed by atoms with Crippen molar-refractivity contribution in [3.63, 3.8) is 0 Å². The molecule has 0 aliphatic heterocycles. The fraction of sp³-hybridized carbons (Fsp3) is 0.318. The predicted octanol–water partition coefficient (Wildman–Crippen LogP) is 2.18. The van der Waals surface area contributed by atoms with Crippen molar-refractivity contribution in [1.29, 1.82) is 0 Å². The van der Waals surface area contributed by atoms with Crippen LogP contribution in [0.2, 0.25) is 0 Å². The Labute approximate surface area is 172 Å². The summed E-state index contributed by atoms with van der Waals surface area (Å²) < 4.78 is 15.5. The highest BCUT2D eigenvalue weighted by molar-refractivity contribution is 6.27. The van der Waals surface area contributed by atoms with Gasteiger partial charge >= 0.3 is 17.9 Å². The Morgan fingerprint density at radius 3 is 1.87 bits per heavy atom. The van der Waals surface area contributed by atoms with Gasteiger partial charge in [0.05, 0.1) is 5.92 Å². The van der Waals surface area contributed by atoms with Gasteiger partial charge in [-0.1, -0.05) is 24.3 Å². The summed E-state index contributed by atoms with van der Waals surface area (Å²) in [6.07, 6.45) is 1.47. The van der Waals surface area contributed by atoms with Gasteiger partial charge in [0.1, 0.15) is 19.0 Å². The monoisotopic (exact) mass is 412 g/mol. The molecule has 0 fully saturated rings. The van der Waals surface area contributed by atoms with E-state index in [0.717, 1.165) is 0 Å². The third-order valence-electron chi connectivity index (χ3n) is 4.80. The minimum Gasteiger partial charge on any atom is -0.465 e. The summed E-state index contributed by atoms with van der Waals surface area (Å²) >= 11 is 0. The summed E-state index contributed by atoms with van der Waals surface area (Å²) in [4.78, 5) is 61.0. The van der Waals surface area contributed by atoms with Crippen LogP contribution in [0.15, 0.2) is 47.2 Å². The minimum absolute atomic E-state index is 0.0696. The predicted molar refractivity (Wildman–Crippen MR) is 102 cm³/mol. The first-order chi connectivity index (χ1) is 14.2. The van der Waals surface area contributed by atoms with E-state index in [1.807, 2.05) is 0 Å². The zero-order valence-corrected chi connectivity index (χ0v) is 16.7. The lowest BCUT2D eigenvalue weighted by atomic mass is 9.71. The van der Waals surface area contributed by atoms with E-state index in [2.05, 4.69) is 0 Å². The molecule has 1 aromatic rings. The molecular formula is C22H20O8. The number of carbonyl (C=O) groups is 5. The SMILES string of the molecule is CC(=O)OC[C@H]1C(OC(C)=O)=C[C@@H](COC(C)=O)C2=C1C(=O)c1ccccc1C2=O. The Balaban J connectivity index is 2.15. The molecule has 8 nitrogen and oxygen atoms in total. The fourth-order valence-electron chi connectivity index (χ4n) is 3.64. The van der Waals surface area contributed by atoms with Crippen molar-refractivity contribution in [3.8, 4) is 0 Å². The smallest absolute Gasteiger partial charge is 0.307 e. The van der Waals surface area contributed by atoms with Gasteiger partial charge in [0.25, 0.3) is 0 Å². The van der Waals surface area contributed by atoms with Gasteiger partial charge in [-0.15, -0.1) is 0 Å². The number of benzene rings is 1. The van der Waals surface area contributed by atoms with Gasteiger partial charge in [-0.05, 0) is 6.08 Å². The largest absolute Gasteiger partial charge is 0.465 e. The number of Topliss-reactive ketones (excluding diaryl/α,β-unsaturated/α-hetero) is 2. The van der Waals surface area contributed by atoms with Gasteiger partial charge in [0.2, 0.25) is 0 Å². The lowest BCUT2D eigenvalue weighted by Crippen LogP contribution is -2.37. The van der Waals surface area contributed by atoms with Gasteiger partial charge in [-0.25, -0.2) is 0 Å². The summed E-state index contributed by atoms with van der Waals surface area (Å²) in [5.74, 6) is -4.26. The first kappa shape index (κ1) is 21.2. The molecule has 3 rings (SSSR count). The molecule has 2 aliphatic carbocycles. The van der Waals surface area contributed by atoms with Crippen LogP contribution in [-0.2, 0) is 28.6 Å². The number of rotatable bonds is 5. The Kier molecular flexibility index (Phi) is 5.96. The van der Waals surface area contributed by atoms with Gasteiger partial charge in [-0.3, -0.25) is 24.0 Å². The van der Waals surface area contributed by atoms with Crippen molar-refractivity contribution in [1.82, 2.24) is 0 Å². The molecule has 0 N–H and O–H groups in total. The van der Waals surface area contributed by atoms with E-state index >= 15 is 0 Å². The standard InChI is InChI=1S/C22H20O8/c1-11(23)28-9-14-8-18(30-13(3)25)17(10-29-12(2)24)20-19(14)21(26)15-6-4-5-7-16(15)22(20)27/h4-8,14,17H,9-10H2,1-3H3/t14-,17-/m0/s1. The fourth-order valence-corrected chi connectivity index (χ4v) is 3.64. The van der Waals surface area contributed by atoms with Crippen molar-refractivity contribution in [2.45, 2.75) is 20.8 Å². The van der Waals surface area contributed by atoms with Gasteiger partial charge in [0.15, 0.2) is 11.6 Å². The lowest BCUT2D eigenvalue weighted by Gasteiger charge is -2.34. The van der Waals surface area contributed by atoms with E-state index in [-0.39, 0.29) is 47.0 Å². The summed E-state index contributed by atoms with van der Waals surface area (Å²) in [6.45, 7) is 3.13.